The van der Waals surface area contributed by atoms with E-state index in [1.54, 1.807) is 12.3 Å². The topological polar surface area (TPSA) is 132 Å². The maximum Gasteiger partial charge on any atom is 0.573 e. The lowest BCUT2D eigenvalue weighted by molar-refractivity contribution is -0.274. The van der Waals surface area contributed by atoms with Crippen molar-refractivity contribution in [3.8, 4) is 5.75 Å². The fourth-order valence-corrected chi connectivity index (χ4v) is 3.61. The van der Waals surface area contributed by atoms with E-state index in [0.29, 0.717) is 12.1 Å². The van der Waals surface area contributed by atoms with Gasteiger partial charge in [-0.15, -0.1) is 18.3 Å². The van der Waals surface area contributed by atoms with Crippen molar-refractivity contribution in [3.63, 3.8) is 0 Å². The number of alkyl halides is 3. The van der Waals surface area contributed by atoms with E-state index in [1.165, 1.54) is 12.1 Å². The van der Waals surface area contributed by atoms with Crippen molar-refractivity contribution in [3.05, 3.63) is 48.2 Å². The van der Waals surface area contributed by atoms with Gasteiger partial charge in [-0.05, 0) is 48.0 Å². The summed E-state index contributed by atoms with van der Waals surface area (Å²) in [6.07, 6.45) is -2.70. The lowest BCUT2D eigenvalue weighted by atomic mass is 10.1. The molecule has 1 atom stereocenters. The minimum absolute atomic E-state index is 0.0654. The van der Waals surface area contributed by atoms with Gasteiger partial charge in [0.2, 0.25) is 0 Å². The van der Waals surface area contributed by atoms with E-state index in [1.807, 2.05) is 11.0 Å². The van der Waals surface area contributed by atoms with E-state index in [4.69, 9.17) is 11.5 Å². The molecule has 1 aromatic heterocycles. The number of hydrogen-bond donors (Lipinski definition) is 2. The molecule has 0 radical (unpaired) electrons. The summed E-state index contributed by atoms with van der Waals surface area (Å²) in [5.74, 6) is -0.299. The Hall–Kier alpha value is -3.35. The van der Waals surface area contributed by atoms with E-state index in [0.717, 1.165) is 42.7 Å². The monoisotopic (exact) mass is 467 g/mol. The smallest absolute Gasteiger partial charge is 0.406 e. The maximum atomic E-state index is 12.3. The predicted octanol–water partition coefficient (Wildman–Crippen LogP) is 2.09. The normalized spacial score (nSPS) is 17.5. The van der Waals surface area contributed by atoms with Gasteiger partial charge in [0.15, 0.2) is 16.2 Å². The Bertz CT molecular complexity index is 1000. The molecule has 0 bridgehead atoms. The number of ether oxygens (including phenoxy) is 1. The molecule has 1 amide bonds. The largest absolute Gasteiger partial charge is 0.573 e. The van der Waals surface area contributed by atoms with Crippen molar-refractivity contribution < 1.29 is 22.7 Å². The minimum atomic E-state index is -4.82. The molecular formula is C19H20F3N7O2S. The maximum absolute atomic E-state index is 12.3. The van der Waals surface area contributed by atoms with Crippen LogP contribution in [0, 0.1) is 0 Å². The molecule has 13 heteroatoms. The first-order valence-corrected chi connectivity index (χ1v) is 10.2. The average Bonchev–Trinajstić information content (AvgIpc) is 3.15. The zero-order valence-corrected chi connectivity index (χ0v) is 17.5. The van der Waals surface area contributed by atoms with Crippen molar-refractivity contribution in [2.24, 2.45) is 21.5 Å². The van der Waals surface area contributed by atoms with Gasteiger partial charge in [-0.1, -0.05) is 12.1 Å². The Balaban J connectivity index is 1.52. The highest BCUT2D eigenvalue weighted by atomic mass is 32.2. The quantitative estimate of drug-likeness (QED) is 0.505. The Morgan fingerprint density at radius 2 is 2.06 bits per heavy atom. The zero-order chi connectivity index (χ0) is 23.1. The van der Waals surface area contributed by atoms with E-state index < -0.39 is 18.0 Å². The lowest BCUT2D eigenvalue weighted by Crippen LogP contribution is -2.24. The predicted molar refractivity (Wildman–Crippen MR) is 115 cm³/mol. The van der Waals surface area contributed by atoms with Gasteiger partial charge in [0, 0.05) is 19.3 Å². The molecular weight excluding hydrogens is 447 g/mol. The number of anilines is 1. The number of carbonyl (C=O) groups is 1. The van der Waals surface area contributed by atoms with Crippen LogP contribution < -0.4 is 21.1 Å². The Kier molecular flexibility index (Phi) is 7.51. The van der Waals surface area contributed by atoms with Crippen LogP contribution in [0.1, 0.15) is 12.0 Å². The fourth-order valence-electron chi connectivity index (χ4n) is 3.04. The number of aromatic nitrogens is 2. The molecule has 0 aliphatic carbocycles. The van der Waals surface area contributed by atoms with Gasteiger partial charge in [0.05, 0.1) is 12.5 Å². The van der Waals surface area contributed by atoms with Crippen LogP contribution in [0.5, 0.6) is 5.75 Å². The van der Waals surface area contributed by atoms with Crippen molar-refractivity contribution in [1.29, 1.82) is 0 Å². The highest BCUT2D eigenvalue weighted by Gasteiger charge is 2.31. The van der Waals surface area contributed by atoms with Gasteiger partial charge in [0.1, 0.15) is 5.75 Å². The van der Waals surface area contributed by atoms with Gasteiger partial charge in [-0.3, -0.25) is 9.79 Å². The molecule has 0 saturated carbocycles. The number of rotatable bonds is 5. The van der Waals surface area contributed by atoms with Gasteiger partial charge >= 0.3 is 6.36 Å². The summed E-state index contributed by atoms with van der Waals surface area (Å²) in [6.45, 7) is 1.37. The van der Waals surface area contributed by atoms with E-state index in [9.17, 15) is 18.0 Å². The molecule has 1 aliphatic heterocycles. The molecule has 3 rings (SSSR count). The van der Waals surface area contributed by atoms with Crippen LogP contribution in [0.15, 0.2) is 52.6 Å². The molecule has 2 aromatic rings. The summed E-state index contributed by atoms with van der Waals surface area (Å²) in [5, 5.41) is 7.97. The summed E-state index contributed by atoms with van der Waals surface area (Å²) in [6, 6.07) is 8.68. The van der Waals surface area contributed by atoms with Crippen LogP contribution in [-0.2, 0) is 11.2 Å². The second kappa shape index (κ2) is 10.3. The number of carbonyl (C=O) groups excluding carboxylic acids is 1. The van der Waals surface area contributed by atoms with Crippen molar-refractivity contribution in [2.45, 2.75) is 25.2 Å². The number of amidine groups is 2. The molecule has 4 N–H and O–H groups in total. The Morgan fingerprint density at radius 3 is 2.78 bits per heavy atom. The third-order valence-corrected chi connectivity index (χ3v) is 4.90. The number of nitrogens with zero attached hydrogens (tertiary/aromatic N) is 5. The third kappa shape index (κ3) is 7.41. The van der Waals surface area contributed by atoms with Crippen LogP contribution in [0.25, 0.3) is 0 Å². The van der Waals surface area contributed by atoms with Crippen molar-refractivity contribution >= 4 is 33.8 Å². The lowest BCUT2D eigenvalue weighted by Gasteiger charge is -2.15. The average molecular weight is 467 g/mol. The van der Waals surface area contributed by atoms with E-state index >= 15 is 0 Å². The molecule has 1 aliphatic rings. The van der Waals surface area contributed by atoms with Gasteiger partial charge < -0.3 is 21.1 Å². The third-order valence-electron chi connectivity index (χ3n) is 4.29. The highest BCUT2D eigenvalue weighted by molar-refractivity contribution is 8.26. The van der Waals surface area contributed by atoms with Crippen molar-refractivity contribution in [2.75, 3.05) is 18.0 Å². The second-order valence-corrected chi connectivity index (χ2v) is 7.80. The summed E-state index contributed by atoms with van der Waals surface area (Å²) in [5.41, 5.74) is 12.0. The van der Waals surface area contributed by atoms with Crippen LogP contribution in [0.4, 0.5) is 19.0 Å². The molecule has 1 saturated heterocycles. The molecule has 9 nitrogen and oxygen atoms in total. The van der Waals surface area contributed by atoms with Gasteiger partial charge in [-0.25, -0.2) is 0 Å². The minimum Gasteiger partial charge on any atom is -0.406 e. The molecule has 1 fully saturated rings. The number of halogens is 3. The number of amides is 1. The van der Waals surface area contributed by atoms with E-state index in [-0.39, 0.29) is 22.8 Å². The number of aliphatic imine (C=N–C) groups is 2. The molecule has 32 heavy (non-hydrogen) atoms. The first-order chi connectivity index (χ1) is 15.2. The molecule has 1 aromatic carbocycles. The molecule has 2 heterocycles. The molecule has 1 unspecified atom stereocenters. The summed E-state index contributed by atoms with van der Waals surface area (Å²) in [4.78, 5) is 22.3. The van der Waals surface area contributed by atoms with Crippen molar-refractivity contribution in [1.82, 2.24) is 10.2 Å². The highest BCUT2D eigenvalue weighted by Crippen LogP contribution is 2.24. The molecule has 0 spiro atoms. The zero-order valence-electron chi connectivity index (χ0n) is 16.7. The van der Waals surface area contributed by atoms with Gasteiger partial charge in [0.25, 0.3) is 5.91 Å². The van der Waals surface area contributed by atoms with Crippen LogP contribution in [-0.4, -0.2) is 51.9 Å². The fraction of sp³-hybridized carbons (Fsp3) is 0.316. The van der Waals surface area contributed by atoms with Crippen LogP contribution >= 0.6 is 11.8 Å². The first-order valence-electron chi connectivity index (χ1n) is 9.43. The Labute approximate surface area is 185 Å². The first kappa shape index (κ1) is 23.3. The second-order valence-electron chi connectivity index (χ2n) is 6.76. The number of hydrogen-bond acceptors (Lipinski definition) is 7. The summed E-state index contributed by atoms with van der Waals surface area (Å²) >= 11 is 0.848. The number of thioether (sulfide) groups is 1. The summed E-state index contributed by atoms with van der Waals surface area (Å²) in [7, 11) is 0. The molecule has 170 valence electrons. The SMILES string of the molecule is NC(=NC(=O)Cc1cccc(OC(F)(F)F)c1)SC(N)=NC1CCN(c2cccnn2)C1. The Morgan fingerprint density at radius 1 is 1.25 bits per heavy atom. The van der Waals surface area contributed by atoms with Crippen LogP contribution in [0.2, 0.25) is 0 Å². The standard InChI is InChI=1S/C19H20F3N7O2S/c20-19(21,22)31-14-4-1-3-12(9-14)10-16(30)27-18(24)32-17(23)26-13-6-8-29(11-13)15-5-2-7-25-28-15/h1-5,7,9,13H,6,8,10-11H2,(H2,23,26)(H2,24,27,30). The number of benzene rings is 1. The van der Waals surface area contributed by atoms with Crippen LogP contribution in [0.3, 0.4) is 0 Å². The summed E-state index contributed by atoms with van der Waals surface area (Å²) < 4.78 is 40.8. The van der Waals surface area contributed by atoms with Gasteiger partial charge in [-0.2, -0.15) is 10.1 Å². The van der Waals surface area contributed by atoms with E-state index in [2.05, 4.69) is 24.9 Å². The number of nitrogens with two attached hydrogens (primary N) is 2.